The lowest BCUT2D eigenvalue weighted by atomic mass is 10.0. The van der Waals surface area contributed by atoms with Crippen molar-refractivity contribution in [1.29, 1.82) is 0 Å². The van der Waals surface area contributed by atoms with E-state index < -0.39 is 10.0 Å². The van der Waals surface area contributed by atoms with Gasteiger partial charge in [-0.05, 0) is 54.2 Å². The van der Waals surface area contributed by atoms with Crippen molar-refractivity contribution in [3.05, 3.63) is 64.7 Å². The van der Waals surface area contributed by atoms with Crippen molar-refractivity contribution in [2.45, 2.75) is 43.5 Å². The van der Waals surface area contributed by atoms with Crippen LogP contribution >= 0.6 is 11.6 Å². The van der Waals surface area contributed by atoms with E-state index in [4.69, 9.17) is 11.6 Å². The van der Waals surface area contributed by atoms with Gasteiger partial charge < -0.3 is 0 Å². The third-order valence-electron chi connectivity index (χ3n) is 4.61. The van der Waals surface area contributed by atoms with Crippen molar-refractivity contribution in [2.24, 2.45) is 0 Å². The van der Waals surface area contributed by atoms with Gasteiger partial charge in [0.05, 0.1) is 10.9 Å². The van der Waals surface area contributed by atoms with E-state index >= 15 is 0 Å². The fourth-order valence-corrected chi connectivity index (χ4v) is 5.01. The van der Waals surface area contributed by atoms with E-state index in [1.165, 1.54) is 0 Å². The van der Waals surface area contributed by atoms with Gasteiger partial charge in [-0.15, -0.1) is 0 Å². The molecule has 1 aliphatic heterocycles. The van der Waals surface area contributed by atoms with Gasteiger partial charge in [-0.25, -0.2) is 8.42 Å². The molecule has 3 nitrogen and oxygen atoms in total. The highest BCUT2D eigenvalue weighted by molar-refractivity contribution is 7.89. The molecule has 0 spiro atoms. The number of rotatable bonds is 4. The Morgan fingerprint density at radius 2 is 1.67 bits per heavy atom. The van der Waals surface area contributed by atoms with Crippen LogP contribution in [0.2, 0.25) is 5.02 Å². The Kier molecular flexibility index (Phi) is 5.00. The van der Waals surface area contributed by atoms with Gasteiger partial charge >= 0.3 is 0 Å². The second-order valence-corrected chi connectivity index (χ2v) is 8.88. The second-order valence-electron chi connectivity index (χ2n) is 6.55. The van der Waals surface area contributed by atoms with Crippen molar-refractivity contribution in [2.75, 3.05) is 6.54 Å². The Labute approximate surface area is 149 Å². The predicted octanol–water partition coefficient (Wildman–Crippen LogP) is 4.99. The summed E-state index contributed by atoms with van der Waals surface area (Å²) in [7, 11) is -3.49. The van der Waals surface area contributed by atoms with Crippen LogP contribution in [0.3, 0.4) is 0 Å². The minimum Gasteiger partial charge on any atom is -0.207 e. The summed E-state index contributed by atoms with van der Waals surface area (Å²) in [6.45, 7) is 4.75. The lowest BCUT2D eigenvalue weighted by Crippen LogP contribution is -2.30. The maximum atomic E-state index is 13.1. The summed E-state index contributed by atoms with van der Waals surface area (Å²) in [5.74, 6) is 0.385. The third-order valence-corrected chi connectivity index (χ3v) is 6.79. The Morgan fingerprint density at radius 1 is 1.04 bits per heavy atom. The van der Waals surface area contributed by atoms with Crippen LogP contribution in [0.5, 0.6) is 0 Å². The molecular formula is C19H22ClNO2S. The molecule has 2 aromatic rings. The summed E-state index contributed by atoms with van der Waals surface area (Å²) >= 11 is 5.95. The molecular weight excluding hydrogens is 342 g/mol. The van der Waals surface area contributed by atoms with E-state index in [1.54, 1.807) is 16.4 Å². The normalized spacial score (nSPS) is 19.1. The quantitative estimate of drug-likeness (QED) is 0.767. The zero-order chi connectivity index (χ0) is 17.3. The molecule has 1 saturated heterocycles. The molecule has 5 heteroatoms. The number of hydrogen-bond donors (Lipinski definition) is 0. The molecule has 1 aliphatic rings. The summed E-state index contributed by atoms with van der Waals surface area (Å²) in [5, 5.41) is 0.662. The van der Waals surface area contributed by atoms with Crippen molar-refractivity contribution in [3.63, 3.8) is 0 Å². The standard InChI is InChI=1S/C19H22ClNO2S/c1-14(2)15-7-11-18(12-8-15)24(22,23)21-13-3-4-19(21)16-5-9-17(20)10-6-16/h5-12,14,19H,3-4,13H2,1-2H3/t19-/m1/s1. The van der Waals surface area contributed by atoms with E-state index in [0.29, 0.717) is 22.4 Å². The molecule has 1 atom stereocenters. The number of nitrogens with zero attached hydrogens (tertiary/aromatic N) is 1. The van der Waals surface area contributed by atoms with Crippen molar-refractivity contribution in [3.8, 4) is 0 Å². The first-order valence-electron chi connectivity index (χ1n) is 8.27. The van der Waals surface area contributed by atoms with Gasteiger partial charge in [-0.3, -0.25) is 0 Å². The molecule has 1 heterocycles. The maximum Gasteiger partial charge on any atom is 0.243 e. The summed E-state index contributed by atoms with van der Waals surface area (Å²) in [6.07, 6.45) is 1.71. The van der Waals surface area contributed by atoms with Gasteiger partial charge in [0, 0.05) is 11.6 Å². The lowest BCUT2D eigenvalue weighted by molar-refractivity contribution is 0.396. The lowest BCUT2D eigenvalue weighted by Gasteiger charge is -2.24. The zero-order valence-corrected chi connectivity index (χ0v) is 15.5. The Bertz CT molecular complexity index is 798. The fraction of sp³-hybridized carbons (Fsp3) is 0.368. The smallest absolute Gasteiger partial charge is 0.207 e. The van der Waals surface area contributed by atoms with Gasteiger partial charge in [0.25, 0.3) is 0 Å². The van der Waals surface area contributed by atoms with Crippen LogP contribution in [-0.4, -0.2) is 19.3 Å². The molecule has 24 heavy (non-hydrogen) atoms. The first kappa shape index (κ1) is 17.5. The molecule has 3 rings (SSSR count). The number of halogens is 1. The average Bonchev–Trinajstić information content (AvgIpc) is 3.06. The van der Waals surface area contributed by atoms with Gasteiger partial charge in [0.2, 0.25) is 10.0 Å². The van der Waals surface area contributed by atoms with Crippen LogP contribution in [0.25, 0.3) is 0 Å². The van der Waals surface area contributed by atoms with Crippen LogP contribution in [-0.2, 0) is 10.0 Å². The van der Waals surface area contributed by atoms with E-state index in [9.17, 15) is 8.42 Å². The minimum atomic E-state index is -3.49. The van der Waals surface area contributed by atoms with Crippen molar-refractivity contribution >= 4 is 21.6 Å². The predicted molar refractivity (Wildman–Crippen MR) is 97.8 cm³/mol. The second kappa shape index (κ2) is 6.87. The molecule has 2 aromatic carbocycles. The molecule has 0 amide bonds. The summed E-state index contributed by atoms with van der Waals surface area (Å²) in [4.78, 5) is 0.368. The van der Waals surface area contributed by atoms with E-state index in [1.807, 2.05) is 36.4 Å². The van der Waals surface area contributed by atoms with Gasteiger partial charge in [-0.1, -0.05) is 49.7 Å². The average molecular weight is 364 g/mol. The maximum absolute atomic E-state index is 13.1. The van der Waals surface area contributed by atoms with Gasteiger partial charge in [0.1, 0.15) is 0 Å². The van der Waals surface area contributed by atoms with Crippen molar-refractivity contribution in [1.82, 2.24) is 4.31 Å². The Morgan fingerprint density at radius 3 is 2.25 bits per heavy atom. The summed E-state index contributed by atoms with van der Waals surface area (Å²) in [5.41, 5.74) is 2.14. The first-order valence-corrected chi connectivity index (χ1v) is 10.1. The van der Waals surface area contributed by atoms with E-state index in [-0.39, 0.29) is 6.04 Å². The first-order chi connectivity index (χ1) is 11.4. The van der Waals surface area contributed by atoms with Crippen LogP contribution in [0.15, 0.2) is 53.4 Å². The van der Waals surface area contributed by atoms with Crippen LogP contribution in [0.1, 0.15) is 49.8 Å². The summed E-state index contributed by atoms with van der Waals surface area (Å²) in [6, 6.07) is 14.6. The Hall–Kier alpha value is -1.36. The third kappa shape index (κ3) is 3.37. The highest BCUT2D eigenvalue weighted by Crippen LogP contribution is 2.37. The minimum absolute atomic E-state index is 0.114. The van der Waals surface area contributed by atoms with E-state index in [0.717, 1.165) is 24.0 Å². The molecule has 0 radical (unpaired) electrons. The SMILES string of the molecule is CC(C)c1ccc(S(=O)(=O)N2CCC[C@@H]2c2ccc(Cl)cc2)cc1. The van der Waals surface area contributed by atoms with Gasteiger partial charge in [-0.2, -0.15) is 4.31 Å². The molecule has 128 valence electrons. The highest BCUT2D eigenvalue weighted by Gasteiger charge is 2.36. The molecule has 0 saturated carbocycles. The molecule has 0 N–H and O–H groups in total. The molecule has 0 unspecified atom stereocenters. The summed E-state index contributed by atoms with van der Waals surface area (Å²) < 4.78 is 27.8. The molecule has 0 aromatic heterocycles. The monoisotopic (exact) mass is 363 g/mol. The largest absolute Gasteiger partial charge is 0.243 e. The molecule has 0 aliphatic carbocycles. The molecule has 0 bridgehead atoms. The van der Waals surface area contributed by atoms with Gasteiger partial charge in [0.15, 0.2) is 0 Å². The van der Waals surface area contributed by atoms with E-state index in [2.05, 4.69) is 13.8 Å². The highest BCUT2D eigenvalue weighted by atomic mass is 35.5. The van der Waals surface area contributed by atoms with Crippen molar-refractivity contribution < 1.29 is 8.42 Å². The van der Waals surface area contributed by atoms with Crippen LogP contribution in [0.4, 0.5) is 0 Å². The fourth-order valence-electron chi connectivity index (χ4n) is 3.21. The van der Waals surface area contributed by atoms with Crippen LogP contribution < -0.4 is 0 Å². The Balaban J connectivity index is 1.91. The molecule has 1 fully saturated rings. The topological polar surface area (TPSA) is 37.4 Å². The number of benzene rings is 2. The zero-order valence-electron chi connectivity index (χ0n) is 13.9. The number of sulfonamides is 1. The number of hydrogen-bond acceptors (Lipinski definition) is 2. The van der Waals surface area contributed by atoms with Crippen LogP contribution in [0, 0.1) is 0 Å².